The first-order valence-electron chi connectivity index (χ1n) is 7.90. The number of rotatable bonds is 6. The molecular formula is C17H26ClFN2O2. The quantitative estimate of drug-likeness (QED) is 0.834. The minimum absolute atomic E-state index is 0. The normalized spacial score (nSPS) is 16.3. The lowest BCUT2D eigenvalue weighted by molar-refractivity contribution is -0.122. The Labute approximate surface area is 143 Å². The fourth-order valence-corrected chi connectivity index (χ4v) is 2.97. The van der Waals surface area contributed by atoms with Gasteiger partial charge >= 0.3 is 0 Å². The molecule has 4 nitrogen and oxygen atoms in total. The Morgan fingerprint density at radius 1 is 1.43 bits per heavy atom. The summed E-state index contributed by atoms with van der Waals surface area (Å²) in [6.07, 6.45) is 2.81. The molecule has 0 saturated carbocycles. The Bertz CT molecular complexity index is 507. The number of benzene rings is 1. The molecule has 0 bridgehead atoms. The lowest BCUT2D eigenvalue weighted by Crippen LogP contribution is -2.33. The van der Waals surface area contributed by atoms with Gasteiger partial charge in [-0.05, 0) is 55.5 Å². The molecule has 0 spiro atoms. The van der Waals surface area contributed by atoms with Crippen LogP contribution in [0.4, 0.5) is 4.39 Å². The van der Waals surface area contributed by atoms with Crippen molar-refractivity contribution in [3.8, 4) is 5.75 Å². The van der Waals surface area contributed by atoms with E-state index in [0.717, 1.165) is 31.5 Å². The molecule has 1 aromatic carbocycles. The molecule has 0 radical (unpaired) electrons. The maximum atomic E-state index is 13.6. The van der Waals surface area contributed by atoms with Gasteiger partial charge in [0.05, 0.1) is 7.11 Å². The van der Waals surface area contributed by atoms with Crippen molar-refractivity contribution in [3.05, 3.63) is 29.6 Å². The summed E-state index contributed by atoms with van der Waals surface area (Å²) >= 11 is 0. The van der Waals surface area contributed by atoms with Crippen molar-refractivity contribution in [3.63, 3.8) is 0 Å². The minimum atomic E-state index is -0.405. The van der Waals surface area contributed by atoms with Gasteiger partial charge in [-0.3, -0.25) is 4.79 Å². The molecule has 1 atom stereocenters. The van der Waals surface area contributed by atoms with Crippen molar-refractivity contribution in [2.75, 3.05) is 20.2 Å². The third kappa shape index (κ3) is 5.99. The van der Waals surface area contributed by atoms with Crippen molar-refractivity contribution in [1.29, 1.82) is 0 Å². The van der Waals surface area contributed by atoms with Gasteiger partial charge in [0.15, 0.2) is 11.6 Å². The van der Waals surface area contributed by atoms with E-state index in [1.807, 2.05) is 0 Å². The zero-order valence-corrected chi connectivity index (χ0v) is 14.5. The van der Waals surface area contributed by atoms with Crippen LogP contribution in [-0.4, -0.2) is 26.1 Å². The van der Waals surface area contributed by atoms with Crippen LogP contribution in [0.5, 0.6) is 5.75 Å². The van der Waals surface area contributed by atoms with Crippen molar-refractivity contribution < 1.29 is 13.9 Å². The maximum absolute atomic E-state index is 13.6. The summed E-state index contributed by atoms with van der Waals surface area (Å²) in [7, 11) is 1.43. The van der Waals surface area contributed by atoms with Crippen molar-refractivity contribution in [2.45, 2.75) is 32.7 Å². The minimum Gasteiger partial charge on any atom is -0.494 e. The first-order valence-corrected chi connectivity index (χ1v) is 7.90. The van der Waals surface area contributed by atoms with E-state index in [-0.39, 0.29) is 24.1 Å². The van der Waals surface area contributed by atoms with E-state index in [2.05, 4.69) is 17.6 Å². The molecule has 1 heterocycles. The summed E-state index contributed by atoms with van der Waals surface area (Å²) in [5.41, 5.74) is 0.737. The number of amides is 1. The van der Waals surface area contributed by atoms with Crippen LogP contribution in [0.1, 0.15) is 31.7 Å². The van der Waals surface area contributed by atoms with Gasteiger partial charge in [0, 0.05) is 13.0 Å². The van der Waals surface area contributed by atoms with Crippen LogP contribution in [0.15, 0.2) is 18.2 Å². The van der Waals surface area contributed by atoms with Gasteiger partial charge in [0.1, 0.15) is 0 Å². The fraction of sp³-hybridized carbons (Fsp3) is 0.588. The summed E-state index contributed by atoms with van der Waals surface area (Å²) < 4.78 is 18.5. The molecule has 130 valence electrons. The standard InChI is InChI=1S/C17H25FN2O2.ClH/c1-12(14-5-7-19-8-6-14)9-17(21)20-11-13-3-4-16(22-2)15(18)10-13;/h3-4,10,12,14,19H,5-9,11H2,1-2H3,(H,20,21);1H. The summed E-state index contributed by atoms with van der Waals surface area (Å²) in [4.78, 5) is 12.0. The Hall–Kier alpha value is -1.33. The van der Waals surface area contributed by atoms with E-state index in [1.165, 1.54) is 13.2 Å². The predicted octanol–water partition coefficient (Wildman–Crippen LogP) is 2.90. The number of hydrogen-bond acceptors (Lipinski definition) is 3. The Kier molecular flexibility index (Phi) is 8.34. The highest BCUT2D eigenvalue weighted by molar-refractivity contribution is 5.85. The zero-order chi connectivity index (χ0) is 15.9. The van der Waals surface area contributed by atoms with Crippen LogP contribution >= 0.6 is 12.4 Å². The molecule has 6 heteroatoms. The Balaban J connectivity index is 0.00000264. The fourth-order valence-electron chi connectivity index (χ4n) is 2.97. The van der Waals surface area contributed by atoms with E-state index < -0.39 is 5.82 Å². The molecule has 23 heavy (non-hydrogen) atoms. The van der Waals surface area contributed by atoms with Gasteiger partial charge in [0.25, 0.3) is 0 Å². The molecule has 0 aromatic heterocycles. The summed E-state index contributed by atoms with van der Waals surface area (Å²) in [6, 6.07) is 4.74. The lowest BCUT2D eigenvalue weighted by Gasteiger charge is -2.27. The van der Waals surface area contributed by atoms with E-state index >= 15 is 0 Å². The predicted molar refractivity (Wildman–Crippen MR) is 91.4 cm³/mol. The van der Waals surface area contributed by atoms with E-state index in [1.54, 1.807) is 12.1 Å². The van der Waals surface area contributed by atoms with Gasteiger partial charge in [-0.1, -0.05) is 13.0 Å². The average Bonchev–Trinajstić information content (AvgIpc) is 2.54. The largest absolute Gasteiger partial charge is 0.494 e. The molecule has 1 saturated heterocycles. The highest BCUT2D eigenvalue weighted by Crippen LogP contribution is 2.24. The molecule has 2 N–H and O–H groups in total. The Morgan fingerprint density at radius 3 is 2.74 bits per heavy atom. The number of hydrogen-bond donors (Lipinski definition) is 2. The van der Waals surface area contributed by atoms with Gasteiger partial charge in [-0.2, -0.15) is 0 Å². The van der Waals surface area contributed by atoms with E-state index in [4.69, 9.17) is 4.74 Å². The Morgan fingerprint density at radius 2 is 2.13 bits per heavy atom. The van der Waals surface area contributed by atoms with Crippen LogP contribution in [0.2, 0.25) is 0 Å². The molecule has 1 aliphatic rings. The average molecular weight is 345 g/mol. The van der Waals surface area contributed by atoms with E-state index in [0.29, 0.717) is 24.8 Å². The number of halogens is 2. The van der Waals surface area contributed by atoms with Crippen molar-refractivity contribution in [1.82, 2.24) is 10.6 Å². The summed E-state index contributed by atoms with van der Waals surface area (Å²) in [5, 5.41) is 6.21. The number of piperidine rings is 1. The molecule has 1 fully saturated rings. The van der Waals surface area contributed by atoms with Crippen molar-refractivity contribution in [2.24, 2.45) is 11.8 Å². The van der Waals surface area contributed by atoms with Gasteiger partial charge in [-0.15, -0.1) is 12.4 Å². The highest BCUT2D eigenvalue weighted by Gasteiger charge is 2.21. The molecular weight excluding hydrogens is 319 g/mol. The monoisotopic (exact) mass is 344 g/mol. The van der Waals surface area contributed by atoms with E-state index in [9.17, 15) is 9.18 Å². The second-order valence-electron chi connectivity index (χ2n) is 6.01. The van der Waals surface area contributed by atoms with Crippen LogP contribution in [0.25, 0.3) is 0 Å². The SMILES string of the molecule is COc1ccc(CNC(=O)CC(C)C2CCNCC2)cc1F.Cl. The number of carbonyl (C=O) groups is 1. The second-order valence-corrected chi connectivity index (χ2v) is 6.01. The lowest BCUT2D eigenvalue weighted by atomic mass is 9.84. The molecule has 0 aliphatic carbocycles. The molecule has 1 aliphatic heterocycles. The number of methoxy groups -OCH3 is 1. The third-order valence-corrected chi connectivity index (χ3v) is 4.40. The van der Waals surface area contributed by atoms with Crippen LogP contribution in [-0.2, 0) is 11.3 Å². The van der Waals surface area contributed by atoms with Crippen LogP contribution < -0.4 is 15.4 Å². The molecule has 2 rings (SSSR count). The molecule has 1 aromatic rings. The van der Waals surface area contributed by atoms with Gasteiger partial charge in [0.2, 0.25) is 5.91 Å². The molecule has 1 amide bonds. The van der Waals surface area contributed by atoms with Crippen LogP contribution in [0, 0.1) is 17.7 Å². The van der Waals surface area contributed by atoms with Gasteiger partial charge in [-0.25, -0.2) is 4.39 Å². The zero-order valence-electron chi connectivity index (χ0n) is 13.7. The van der Waals surface area contributed by atoms with Crippen LogP contribution in [0.3, 0.4) is 0 Å². The summed E-state index contributed by atoms with van der Waals surface area (Å²) in [5.74, 6) is 0.842. The second kappa shape index (κ2) is 9.73. The highest BCUT2D eigenvalue weighted by atomic mass is 35.5. The third-order valence-electron chi connectivity index (χ3n) is 4.40. The first-order chi connectivity index (χ1) is 10.6. The van der Waals surface area contributed by atoms with Gasteiger partial charge < -0.3 is 15.4 Å². The first kappa shape index (κ1) is 19.7. The van der Waals surface area contributed by atoms with Crippen molar-refractivity contribution >= 4 is 18.3 Å². The maximum Gasteiger partial charge on any atom is 0.220 e. The number of carbonyl (C=O) groups excluding carboxylic acids is 1. The summed E-state index contributed by atoms with van der Waals surface area (Å²) in [6.45, 7) is 4.57. The smallest absolute Gasteiger partial charge is 0.220 e. The number of ether oxygens (including phenoxy) is 1. The number of nitrogens with one attached hydrogen (secondary N) is 2. The topological polar surface area (TPSA) is 50.4 Å². The molecule has 1 unspecified atom stereocenters.